The first-order chi connectivity index (χ1) is 8.82. The minimum Gasteiger partial charge on any atom is -0.391 e. The Bertz CT molecular complexity index is 469. The van der Waals surface area contributed by atoms with Crippen molar-refractivity contribution in [1.29, 1.82) is 5.26 Å². The summed E-state index contributed by atoms with van der Waals surface area (Å²) in [6.45, 7) is 5.89. The number of carbonyl (C=O) groups excluding carboxylic acids is 1. The molecule has 102 valence electrons. The largest absolute Gasteiger partial charge is 0.391 e. The molecule has 5 nitrogen and oxygen atoms in total. The summed E-state index contributed by atoms with van der Waals surface area (Å²) in [5.74, 6) is 0. The number of hydrogen-bond donors (Lipinski definition) is 3. The van der Waals surface area contributed by atoms with Crippen molar-refractivity contribution in [2.45, 2.75) is 26.9 Å². The summed E-state index contributed by atoms with van der Waals surface area (Å²) in [6, 6.07) is 8.17. The zero-order valence-corrected chi connectivity index (χ0v) is 11.4. The molecule has 0 saturated carbocycles. The highest BCUT2D eigenvalue weighted by atomic mass is 16.3. The lowest BCUT2D eigenvalue weighted by molar-refractivity contribution is 0.0654. The second kappa shape index (κ2) is 6.21. The first kappa shape index (κ1) is 15.0. The molecule has 1 aromatic rings. The van der Waals surface area contributed by atoms with Crippen molar-refractivity contribution in [3.8, 4) is 6.07 Å². The normalized spacial score (nSPS) is 12.4. The maximum absolute atomic E-state index is 11.6. The molecule has 2 amide bonds. The number of aliphatic hydroxyl groups excluding tert-OH is 1. The van der Waals surface area contributed by atoms with Crippen LogP contribution in [0.4, 0.5) is 10.5 Å². The number of amides is 2. The van der Waals surface area contributed by atoms with Crippen LogP contribution in [0.1, 0.15) is 26.3 Å². The predicted molar refractivity (Wildman–Crippen MR) is 73.6 cm³/mol. The number of nitrogens with one attached hydrogen (secondary N) is 2. The zero-order valence-electron chi connectivity index (χ0n) is 11.4. The molecule has 0 aliphatic heterocycles. The van der Waals surface area contributed by atoms with Gasteiger partial charge in [0.15, 0.2) is 0 Å². The molecule has 1 rings (SSSR count). The molecule has 0 heterocycles. The second-order valence-electron chi connectivity index (χ2n) is 5.41. The Morgan fingerprint density at radius 3 is 2.42 bits per heavy atom. The van der Waals surface area contributed by atoms with E-state index in [1.165, 1.54) is 0 Å². The molecular formula is C14H19N3O2. The molecule has 19 heavy (non-hydrogen) atoms. The van der Waals surface area contributed by atoms with Crippen molar-refractivity contribution >= 4 is 11.7 Å². The lowest BCUT2D eigenvalue weighted by atomic mass is 9.89. The van der Waals surface area contributed by atoms with Gasteiger partial charge in [-0.15, -0.1) is 0 Å². The fourth-order valence-corrected chi connectivity index (χ4v) is 1.30. The number of aliphatic hydroxyl groups is 1. The monoisotopic (exact) mass is 261 g/mol. The van der Waals surface area contributed by atoms with Crippen LogP contribution >= 0.6 is 0 Å². The number of anilines is 1. The third kappa shape index (κ3) is 4.98. The number of rotatable bonds is 3. The van der Waals surface area contributed by atoms with Crippen molar-refractivity contribution in [2.75, 3.05) is 11.9 Å². The fraction of sp³-hybridized carbons (Fsp3) is 0.429. The number of carbonyl (C=O) groups is 1. The highest BCUT2D eigenvalue weighted by Gasteiger charge is 2.22. The second-order valence-corrected chi connectivity index (χ2v) is 5.41. The van der Waals surface area contributed by atoms with Crippen molar-refractivity contribution in [1.82, 2.24) is 5.32 Å². The van der Waals surface area contributed by atoms with E-state index in [4.69, 9.17) is 5.26 Å². The smallest absolute Gasteiger partial charge is 0.319 e. The van der Waals surface area contributed by atoms with Gasteiger partial charge in [-0.2, -0.15) is 5.26 Å². The molecule has 0 bridgehead atoms. The molecule has 1 unspecified atom stereocenters. The van der Waals surface area contributed by atoms with E-state index in [2.05, 4.69) is 10.6 Å². The van der Waals surface area contributed by atoms with E-state index >= 15 is 0 Å². The van der Waals surface area contributed by atoms with Crippen LogP contribution in [0.3, 0.4) is 0 Å². The first-order valence-electron chi connectivity index (χ1n) is 6.06. The molecule has 0 radical (unpaired) electrons. The summed E-state index contributed by atoms with van der Waals surface area (Å²) < 4.78 is 0. The minimum absolute atomic E-state index is 0.186. The standard InChI is InChI=1S/C14H19N3O2/c1-14(2,3)12(18)9-16-13(19)17-11-6-4-10(8-15)5-7-11/h4-7,12,18H,9H2,1-3H3,(H2,16,17,19). The number of urea groups is 1. The quantitative estimate of drug-likeness (QED) is 0.778. The Morgan fingerprint density at radius 2 is 1.95 bits per heavy atom. The molecule has 5 heteroatoms. The Balaban J connectivity index is 2.45. The van der Waals surface area contributed by atoms with Crippen LogP contribution < -0.4 is 10.6 Å². The third-order valence-corrected chi connectivity index (χ3v) is 2.73. The predicted octanol–water partition coefficient (Wildman–Crippen LogP) is 2.09. The highest BCUT2D eigenvalue weighted by molar-refractivity contribution is 5.89. The van der Waals surface area contributed by atoms with E-state index in [1.54, 1.807) is 24.3 Å². The van der Waals surface area contributed by atoms with Crippen molar-refractivity contribution in [2.24, 2.45) is 5.41 Å². The van der Waals surface area contributed by atoms with Gasteiger partial charge >= 0.3 is 6.03 Å². The van der Waals surface area contributed by atoms with E-state index in [1.807, 2.05) is 26.8 Å². The number of nitriles is 1. The average Bonchev–Trinajstić information content (AvgIpc) is 2.35. The van der Waals surface area contributed by atoms with E-state index in [0.29, 0.717) is 11.3 Å². The van der Waals surface area contributed by atoms with Crippen LogP contribution in [-0.4, -0.2) is 23.8 Å². The Labute approximate surface area is 113 Å². The van der Waals surface area contributed by atoms with Crippen LogP contribution in [0.25, 0.3) is 0 Å². The summed E-state index contributed by atoms with van der Waals surface area (Å²) in [7, 11) is 0. The summed E-state index contributed by atoms with van der Waals surface area (Å²) in [5, 5.41) is 23.7. The van der Waals surface area contributed by atoms with E-state index in [-0.39, 0.29) is 18.0 Å². The van der Waals surface area contributed by atoms with Crippen LogP contribution in [0.2, 0.25) is 0 Å². The molecular weight excluding hydrogens is 242 g/mol. The van der Waals surface area contributed by atoms with E-state index in [9.17, 15) is 9.90 Å². The van der Waals surface area contributed by atoms with Gasteiger partial charge < -0.3 is 15.7 Å². The van der Waals surface area contributed by atoms with E-state index in [0.717, 1.165) is 0 Å². The van der Waals surface area contributed by atoms with Gasteiger partial charge in [0.25, 0.3) is 0 Å². The summed E-state index contributed by atoms with van der Waals surface area (Å²) >= 11 is 0. The van der Waals surface area contributed by atoms with Crippen molar-refractivity contribution < 1.29 is 9.90 Å². The maximum atomic E-state index is 11.6. The highest BCUT2D eigenvalue weighted by Crippen LogP contribution is 2.18. The maximum Gasteiger partial charge on any atom is 0.319 e. The van der Waals surface area contributed by atoms with Crippen LogP contribution in [0, 0.1) is 16.7 Å². The average molecular weight is 261 g/mol. The summed E-state index contributed by atoms with van der Waals surface area (Å²) in [6.07, 6.45) is -0.612. The molecule has 0 fully saturated rings. The van der Waals surface area contributed by atoms with Gasteiger partial charge in [-0.05, 0) is 29.7 Å². The lowest BCUT2D eigenvalue weighted by Gasteiger charge is -2.25. The molecule has 1 aromatic carbocycles. The van der Waals surface area contributed by atoms with Crippen molar-refractivity contribution in [3.63, 3.8) is 0 Å². The lowest BCUT2D eigenvalue weighted by Crippen LogP contribution is -2.40. The fourth-order valence-electron chi connectivity index (χ4n) is 1.30. The van der Waals surface area contributed by atoms with Gasteiger partial charge in [0.05, 0.1) is 17.7 Å². The Morgan fingerprint density at radius 1 is 1.37 bits per heavy atom. The van der Waals surface area contributed by atoms with Crippen LogP contribution in [-0.2, 0) is 0 Å². The van der Waals surface area contributed by atoms with Gasteiger partial charge in [0.2, 0.25) is 0 Å². The Hall–Kier alpha value is -2.06. The molecule has 0 spiro atoms. The number of nitrogens with zero attached hydrogens (tertiary/aromatic N) is 1. The molecule has 0 saturated heterocycles. The summed E-state index contributed by atoms with van der Waals surface area (Å²) in [4.78, 5) is 11.6. The van der Waals surface area contributed by atoms with Gasteiger partial charge in [-0.3, -0.25) is 0 Å². The van der Waals surface area contributed by atoms with Crippen LogP contribution in [0.15, 0.2) is 24.3 Å². The van der Waals surface area contributed by atoms with Gasteiger partial charge in [-0.25, -0.2) is 4.79 Å². The number of benzene rings is 1. The zero-order chi connectivity index (χ0) is 14.5. The molecule has 3 N–H and O–H groups in total. The third-order valence-electron chi connectivity index (χ3n) is 2.73. The molecule has 0 aliphatic rings. The van der Waals surface area contributed by atoms with Crippen LogP contribution in [0.5, 0.6) is 0 Å². The van der Waals surface area contributed by atoms with Gasteiger partial charge in [0, 0.05) is 12.2 Å². The SMILES string of the molecule is CC(C)(C)C(O)CNC(=O)Nc1ccc(C#N)cc1. The Kier molecular flexibility index (Phi) is 4.90. The molecule has 1 atom stereocenters. The van der Waals surface area contributed by atoms with E-state index < -0.39 is 6.10 Å². The minimum atomic E-state index is -0.612. The summed E-state index contributed by atoms with van der Waals surface area (Å²) in [5.41, 5.74) is 0.859. The van der Waals surface area contributed by atoms with Gasteiger partial charge in [-0.1, -0.05) is 20.8 Å². The topological polar surface area (TPSA) is 85.2 Å². The van der Waals surface area contributed by atoms with Gasteiger partial charge in [0.1, 0.15) is 0 Å². The molecule has 0 aromatic heterocycles. The van der Waals surface area contributed by atoms with Crippen molar-refractivity contribution in [3.05, 3.63) is 29.8 Å². The number of hydrogen-bond acceptors (Lipinski definition) is 3. The first-order valence-corrected chi connectivity index (χ1v) is 6.06. The molecule has 0 aliphatic carbocycles.